The Kier molecular flexibility index (Phi) is 5.40. The van der Waals surface area contributed by atoms with E-state index in [9.17, 15) is 19.5 Å². The Labute approximate surface area is 185 Å². The van der Waals surface area contributed by atoms with Gasteiger partial charge in [0.05, 0.1) is 5.69 Å². The molecule has 1 aliphatic rings. The van der Waals surface area contributed by atoms with Crippen molar-refractivity contribution in [2.75, 3.05) is 4.90 Å². The zero-order chi connectivity index (χ0) is 23.0. The van der Waals surface area contributed by atoms with Gasteiger partial charge in [0.25, 0.3) is 11.8 Å². The highest BCUT2D eigenvalue weighted by molar-refractivity contribution is 6.39. The molecule has 1 aromatic heterocycles. The van der Waals surface area contributed by atoms with E-state index in [0.29, 0.717) is 11.3 Å². The zero-order valence-corrected chi connectivity index (χ0v) is 18.0. The second-order valence-electron chi connectivity index (χ2n) is 7.66. The molecule has 0 atom stereocenters. The maximum absolute atomic E-state index is 13.2. The van der Waals surface area contributed by atoms with Gasteiger partial charge in [-0.15, -0.1) is 0 Å². The number of hydrogen-bond acceptors (Lipinski definition) is 4. The Hall–Kier alpha value is -4.13. The Morgan fingerprint density at radius 2 is 1.56 bits per heavy atom. The van der Waals surface area contributed by atoms with Crippen LogP contribution in [0.2, 0.25) is 0 Å². The van der Waals surface area contributed by atoms with Gasteiger partial charge in [0.1, 0.15) is 11.3 Å². The highest BCUT2D eigenvalue weighted by atomic mass is 16.3. The first kappa shape index (κ1) is 21.1. The van der Waals surface area contributed by atoms with Crippen LogP contribution in [0.15, 0.2) is 60.2 Å². The van der Waals surface area contributed by atoms with Gasteiger partial charge in [0.15, 0.2) is 0 Å². The summed E-state index contributed by atoms with van der Waals surface area (Å²) in [7, 11) is 0. The van der Waals surface area contributed by atoms with Crippen molar-refractivity contribution in [2.45, 2.75) is 27.2 Å². The molecule has 1 saturated heterocycles. The van der Waals surface area contributed by atoms with Crippen molar-refractivity contribution >= 4 is 29.6 Å². The largest absolute Gasteiger partial charge is 0.508 e. The quantitative estimate of drug-likeness (QED) is 0.484. The number of nitrogens with zero attached hydrogens (tertiary/aromatic N) is 2. The monoisotopic (exact) mass is 429 g/mol. The molecular formula is C25H23N3O4. The number of nitrogens with one attached hydrogen (secondary N) is 1. The molecule has 0 aliphatic carbocycles. The van der Waals surface area contributed by atoms with Crippen LogP contribution < -0.4 is 10.2 Å². The lowest BCUT2D eigenvalue weighted by Gasteiger charge is -2.26. The van der Waals surface area contributed by atoms with Crippen molar-refractivity contribution < 1.29 is 19.5 Å². The molecule has 1 fully saturated rings. The van der Waals surface area contributed by atoms with Crippen molar-refractivity contribution in [1.29, 1.82) is 0 Å². The summed E-state index contributed by atoms with van der Waals surface area (Å²) in [5, 5.41) is 11.8. The van der Waals surface area contributed by atoms with Gasteiger partial charge in [-0.2, -0.15) is 0 Å². The Morgan fingerprint density at radius 1 is 0.938 bits per heavy atom. The zero-order valence-electron chi connectivity index (χ0n) is 18.0. The van der Waals surface area contributed by atoms with E-state index in [4.69, 9.17) is 0 Å². The highest BCUT2D eigenvalue weighted by Gasteiger charge is 2.37. The summed E-state index contributed by atoms with van der Waals surface area (Å²) in [6, 6.07) is 14.9. The molecule has 2 aromatic carbocycles. The first-order valence-electron chi connectivity index (χ1n) is 10.3. The number of aromatic nitrogens is 1. The van der Waals surface area contributed by atoms with Gasteiger partial charge < -0.3 is 9.67 Å². The number of hydrogen-bond donors (Lipinski definition) is 2. The molecule has 4 amide bonds. The molecule has 2 N–H and O–H groups in total. The summed E-state index contributed by atoms with van der Waals surface area (Å²) in [5.41, 5.74) is 4.60. The Bertz CT molecular complexity index is 1250. The van der Waals surface area contributed by atoms with Crippen LogP contribution >= 0.6 is 0 Å². The molecule has 1 aliphatic heterocycles. The molecule has 4 rings (SSSR count). The number of aromatic hydroxyl groups is 1. The molecule has 3 aromatic rings. The van der Waals surface area contributed by atoms with Gasteiger partial charge in [0, 0.05) is 17.1 Å². The standard InChI is InChI=1S/C25H23N3O4/c1-4-17-5-7-20(8-6-17)28-24(31)22(23(30)26-25(28)32)14-18-13-15(2)27(16(18)3)19-9-11-21(29)12-10-19/h5-14,29H,4H2,1-3H3,(H,26,30,32)/b22-14-. The molecule has 32 heavy (non-hydrogen) atoms. The van der Waals surface area contributed by atoms with E-state index in [2.05, 4.69) is 5.32 Å². The lowest BCUT2D eigenvalue weighted by Crippen LogP contribution is -2.54. The number of anilines is 1. The van der Waals surface area contributed by atoms with Crippen LogP contribution in [-0.4, -0.2) is 27.5 Å². The molecular weight excluding hydrogens is 406 g/mol. The number of imide groups is 2. The van der Waals surface area contributed by atoms with Gasteiger partial charge in [-0.25, -0.2) is 9.69 Å². The van der Waals surface area contributed by atoms with Gasteiger partial charge >= 0.3 is 6.03 Å². The summed E-state index contributed by atoms with van der Waals surface area (Å²) in [6.45, 7) is 5.81. The highest BCUT2D eigenvalue weighted by Crippen LogP contribution is 2.27. The van der Waals surface area contributed by atoms with Crippen LogP contribution in [0.3, 0.4) is 0 Å². The number of phenolic OH excluding ortho intramolecular Hbond substituents is 1. The van der Waals surface area contributed by atoms with Crippen LogP contribution in [0.1, 0.15) is 29.4 Å². The summed E-state index contributed by atoms with van der Waals surface area (Å²) >= 11 is 0. The van der Waals surface area contributed by atoms with Crippen LogP contribution in [0.25, 0.3) is 11.8 Å². The first-order valence-corrected chi connectivity index (χ1v) is 10.3. The van der Waals surface area contributed by atoms with Crippen molar-refractivity contribution in [3.05, 3.63) is 82.7 Å². The van der Waals surface area contributed by atoms with Gasteiger partial charge in [-0.3, -0.25) is 14.9 Å². The molecule has 0 bridgehead atoms. The number of urea groups is 1. The van der Waals surface area contributed by atoms with E-state index in [0.717, 1.165) is 34.0 Å². The van der Waals surface area contributed by atoms with Gasteiger partial charge in [0.2, 0.25) is 0 Å². The minimum absolute atomic E-state index is 0.116. The fourth-order valence-corrected chi connectivity index (χ4v) is 3.86. The van der Waals surface area contributed by atoms with E-state index in [1.54, 1.807) is 36.4 Å². The topological polar surface area (TPSA) is 91.6 Å². The Morgan fingerprint density at radius 3 is 2.19 bits per heavy atom. The predicted molar refractivity (Wildman–Crippen MR) is 122 cm³/mol. The van der Waals surface area contributed by atoms with E-state index < -0.39 is 17.8 Å². The maximum Gasteiger partial charge on any atom is 0.335 e. The van der Waals surface area contributed by atoms with Crippen molar-refractivity contribution in [3.63, 3.8) is 0 Å². The second-order valence-corrected chi connectivity index (χ2v) is 7.66. The van der Waals surface area contributed by atoms with Gasteiger partial charge in [-0.05, 0) is 79.9 Å². The number of barbiturate groups is 1. The molecule has 7 nitrogen and oxygen atoms in total. The lowest BCUT2D eigenvalue weighted by atomic mass is 10.1. The second kappa shape index (κ2) is 8.19. The van der Waals surface area contributed by atoms with Crippen LogP contribution in [0, 0.1) is 13.8 Å². The normalized spacial score (nSPS) is 15.4. The van der Waals surface area contributed by atoms with E-state index >= 15 is 0 Å². The number of carbonyl (C=O) groups is 3. The van der Waals surface area contributed by atoms with Crippen LogP contribution in [0.4, 0.5) is 10.5 Å². The third-order valence-electron chi connectivity index (χ3n) is 5.58. The Balaban J connectivity index is 1.73. The number of carbonyl (C=O) groups excluding carboxylic acids is 3. The summed E-state index contributed by atoms with van der Waals surface area (Å²) < 4.78 is 1.96. The lowest BCUT2D eigenvalue weighted by molar-refractivity contribution is -0.122. The fraction of sp³-hybridized carbons (Fsp3) is 0.160. The van der Waals surface area contributed by atoms with Crippen LogP contribution in [-0.2, 0) is 16.0 Å². The molecule has 0 radical (unpaired) electrons. The number of amides is 4. The van der Waals surface area contributed by atoms with Crippen molar-refractivity contribution in [1.82, 2.24) is 9.88 Å². The van der Waals surface area contributed by atoms with E-state index in [1.807, 2.05) is 43.5 Å². The third-order valence-corrected chi connectivity index (χ3v) is 5.58. The average molecular weight is 429 g/mol. The van der Waals surface area contributed by atoms with Crippen LogP contribution in [0.5, 0.6) is 5.75 Å². The smallest absolute Gasteiger partial charge is 0.335 e. The van der Waals surface area contributed by atoms with E-state index in [-0.39, 0.29) is 11.3 Å². The number of rotatable bonds is 4. The number of aryl methyl sites for hydroxylation is 2. The van der Waals surface area contributed by atoms with Gasteiger partial charge in [-0.1, -0.05) is 19.1 Å². The molecule has 0 saturated carbocycles. The predicted octanol–water partition coefficient (Wildman–Crippen LogP) is 4.03. The summed E-state index contributed by atoms with van der Waals surface area (Å²) in [6.07, 6.45) is 2.34. The van der Waals surface area contributed by atoms with Crippen molar-refractivity contribution in [2.24, 2.45) is 0 Å². The summed E-state index contributed by atoms with van der Waals surface area (Å²) in [4.78, 5) is 39.1. The SMILES string of the molecule is CCc1ccc(N2C(=O)NC(=O)/C(=C/c3cc(C)n(-c4ccc(O)cc4)c3C)C2=O)cc1. The fourth-order valence-electron chi connectivity index (χ4n) is 3.86. The maximum atomic E-state index is 13.2. The number of phenols is 1. The van der Waals surface area contributed by atoms with E-state index in [1.165, 1.54) is 6.08 Å². The molecule has 2 heterocycles. The molecule has 7 heteroatoms. The third kappa shape index (κ3) is 3.69. The number of benzene rings is 2. The minimum Gasteiger partial charge on any atom is -0.508 e. The molecule has 0 unspecified atom stereocenters. The molecule has 162 valence electrons. The molecule has 0 spiro atoms. The summed E-state index contributed by atoms with van der Waals surface area (Å²) in [5.74, 6) is -1.23. The average Bonchev–Trinajstić information content (AvgIpc) is 3.05. The first-order chi connectivity index (χ1) is 15.3. The van der Waals surface area contributed by atoms with Crippen molar-refractivity contribution in [3.8, 4) is 11.4 Å². The minimum atomic E-state index is -0.768.